The second-order valence-electron chi connectivity index (χ2n) is 6.54. The number of aromatic nitrogens is 1. The molecule has 6 nitrogen and oxygen atoms in total. The molecule has 2 atom stereocenters. The van der Waals surface area contributed by atoms with Crippen LogP contribution in [0, 0.1) is 0 Å². The minimum absolute atomic E-state index is 0.420. The lowest BCUT2D eigenvalue weighted by Gasteiger charge is -2.24. The van der Waals surface area contributed by atoms with Gasteiger partial charge < -0.3 is 20.1 Å². The molecule has 0 spiro atoms. The van der Waals surface area contributed by atoms with E-state index in [0.717, 1.165) is 16.5 Å². The van der Waals surface area contributed by atoms with E-state index in [0.29, 0.717) is 0 Å². The standard InChI is InChI=1S/C17H22N2O4/c1-10(12-9-18-13-8-6-5-7-11(12)13)14(15(20)21)19-16(22)23-17(2,3)4/h5-10,14,18H,1-4H3,(H,19,22)(H,20,21)/t10?,14-/m0/s1. The van der Waals surface area contributed by atoms with Gasteiger partial charge in [-0.25, -0.2) is 9.59 Å². The van der Waals surface area contributed by atoms with Crippen LogP contribution in [0.15, 0.2) is 30.5 Å². The number of amides is 1. The average Bonchev–Trinajstić information content (AvgIpc) is 2.85. The Kier molecular flexibility index (Phi) is 4.63. The number of fused-ring (bicyclic) bond motifs is 1. The zero-order chi connectivity index (χ0) is 17.2. The number of hydrogen-bond acceptors (Lipinski definition) is 3. The smallest absolute Gasteiger partial charge is 0.408 e. The van der Waals surface area contributed by atoms with Crippen molar-refractivity contribution in [3.05, 3.63) is 36.0 Å². The minimum atomic E-state index is -1.10. The maximum Gasteiger partial charge on any atom is 0.408 e. The molecular weight excluding hydrogens is 296 g/mol. The Morgan fingerprint density at radius 2 is 1.91 bits per heavy atom. The highest BCUT2D eigenvalue weighted by Crippen LogP contribution is 2.28. The Bertz CT molecular complexity index is 715. The molecule has 2 aromatic rings. The molecule has 124 valence electrons. The second kappa shape index (κ2) is 6.32. The summed E-state index contributed by atoms with van der Waals surface area (Å²) in [4.78, 5) is 26.6. The molecule has 23 heavy (non-hydrogen) atoms. The molecule has 3 N–H and O–H groups in total. The summed E-state index contributed by atoms with van der Waals surface area (Å²) < 4.78 is 5.15. The number of nitrogens with one attached hydrogen (secondary N) is 2. The Labute approximate surface area is 134 Å². The molecular formula is C17H22N2O4. The van der Waals surface area contributed by atoms with Crippen molar-refractivity contribution in [1.82, 2.24) is 10.3 Å². The van der Waals surface area contributed by atoms with Crippen LogP contribution in [0.3, 0.4) is 0 Å². The Hall–Kier alpha value is -2.50. The van der Waals surface area contributed by atoms with Crippen LogP contribution in [0.1, 0.15) is 39.2 Å². The molecule has 0 bridgehead atoms. The van der Waals surface area contributed by atoms with Crippen molar-refractivity contribution in [2.45, 2.75) is 45.3 Å². The topological polar surface area (TPSA) is 91.4 Å². The molecule has 0 aliphatic carbocycles. The normalized spacial score (nSPS) is 14.3. The van der Waals surface area contributed by atoms with Gasteiger partial charge >= 0.3 is 12.1 Å². The first-order chi connectivity index (χ1) is 10.7. The van der Waals surface area contributed by atoms with Crippen LogP contribution in [0.4, 0.5) is 4.79 Å². The number of rotatable bonds is 4. The number of benzene rings is 1. The zero-order valence-corrected chi connectivity index (χ0v) is 13.7. The minimum Gasteiger partial charge on any atom is -0.480 e. The van der Waals surface area contributed by atoms with Crippen molar-refractivity contribution < 1.29 is 19.4 Å². The summed E-state index contributed by atoms with van der Waals surface area (Å²) in [5.74, 6) is -1.52. The first-order valence-electron chi connectivity index (χ1n) is 7.47. The molecule has 1 amide bonds. The fraction of sp³-hybridized carbons (Fsp3) is 0.412. The first kappa shape index (κ1) is 16.9. The van der Waals surface area contributed by atoms with Crippen molar-refractivity contribution in [2.75, 3.05) is 0 Å². The lowest BCUT2D eigenvalue weighted by Crippen LogP contribution is -2.46. The van der Waals surface area contributed by atoms with E-state index in [2.05, 4.69) is 10.3 Å². The lowest BCUT2D eigenvalue weighted by molar-refractivity contribution is -0.140. The van der Waals surface area contributed by atoms with E-state index in [1.165, 1.54) is 0 Å². The van der Waals surface area contributed by atoms with Crippen molar-refractivity contribution in [3.8, 4) is 0 Å². The van der Waals surface area contributed by atoms with Gasteiger partial charge in [0.2, 0.25) is 0 Å². The number of carboxylic acids is 1. The fourth-order valence-corrected chi connectivity index (χ4v) is 2.49. The van der Waals surface area contributed by atoms with Crippen LogP contribution in [0.25, 0.3) is 10.9 Å². The summed E-state index contributed by atoms with van der Waals surface area (Å²) in [6.07, 6.45) is 1.04. The van der Waals surface area contributed by atoms with Gasteiger partial charge in [0.15, 0.2) is 0 Å². The van der Waals surface area contributed by atoms with E-state index >= 15 is 0 Å². The van der Waals surface area contributed by atoms with Gasteiger partial charge in [-0.1, -0.05) is 25.1 Å². The molecule has 1 aromatic carbocycles. The molecule has 2 rings (SSSR count). The number of ether oxygens (including phenoxy) is 1. The van der Waals surface area contributed by atoms with Gasteiger partial charge in [-0.3, -0.25) is 0 Å². The predicted octanol–water partition coefficient (Wildman–Crippen LogP) is 3.25. The average molecular weight is 318 g/mol. The summed E-state index contributed by atoms with van der Waals surface area (Å²) in [7, 11) is 0. The molecule has 0 aliphatic heterocycles. The molecule has 0 saturated heterocycles. The summed E-state index contributed by atoms with van der Waals surface area (Å²) in [5.41, 5.74) is 1.08. The van der Waals surface area contributed by atoms with Crippen LogP contribution in [-0.4, -0.2) is 33.8 Å². The van der Waals surface area contributed by atoms with Crippen molar-refractivity contribution >= 4 is 23.0 Å². The van der Waals surface area contributed by atoms with E-state index in [9.17, 15) is 14.7 Å². The summed E-state index contributed by atoms with van der Waals surface area (Å²) >= 11 is 0. The monoisotopic (exact) mass is 318 g/mol. The number of aromatic amines is 1. The number of carboxylic acid groups (broad SMARTS) is 1. The van der Waals surface area contributed by atoms with Crippen LogP contribution < -0.4 is 5.32 Å². The molecule has 1 unspecified atom stereocenters. The summed E-state index contributed by atoms with van der Waals surface area (Å²) in [5, 5.41) is 12.9. The van der Waals surface area contributed by atoms with Gasteiger partial charge in [0.1, 0.15) is 11.6 Å². The quantitative estimate of drug-likeness (QED) is 0.807. The number of alkyl carbamates (subject to hydrolysis) is 1. The van der Waals surface area contributed by atoms with Crippen LogP contribution in [0.5, 0.6) is 0 Å². The number of carbonyl (C=O) groups excluding carboxylic acids is 1. The second-order valence-corrected chi connectivity index (χ2v) is 6.54. The first-order valence-corrected chi connectivity index (χ1v) is 7.47. The van der Waals surface area contributed by atoms with Crippen LogP contribution in [-0.2, 0) is 9.53 Å². The largest absolute Gasteiger partial charge is 0.480 e. The van der Waals surface area contributed by atoms with Gasteiger partial charge in [0.05, 0.1) is 0 Å². The van der Waals surface area contributed by atoms with E-state index < -0.39 is 29.6 Å². The molecule has 0 fully saturated rings. The Morgan fingerprint density at radius 3 is 2.52 bits per heavy atom. The molecule has 6 heteroatoms. The number of para-hydroxylation sites is 1. The number of carbonyl (C=O) groups is 2. The van der Waals surface area contributed by atoms with E-state index in [-0.39, 0.29) is 0 Å². The third-order valence-corrected chi connectivity index (χ3v) is 3.55. The molecule has 1 aromatic heterocycles. The molecule has 1 heterocycles. The SMILES string of the molecule is CC(c1c[nH]c2ccccc12)[C@H](NC(=O)OC(C)(C)C)C(=O)O. The summed E-state index contributed by atoms with van der Waals surface area (Å²) in [6.45, 7) is 6.95. The van der Waals surface area contributed by atoms with Crippen molar-refractivity contribution in [3.63, 3.8) is 0 Å². The highest BCUT2D eigenvalue weighted by atomic mass is 16.6. The highest BCUT2D eigenvalue weighted by Gasteiger charge is 2.30. The Morgan fingerprint density at radius 1 is 1.26 bits per heavy atom. The number of hydrogen-bond donors (Lipinski definition) is 3. The van der Waals surface area contributed by atoms with E-state index in [4.69, 9.17) is 4.74 Å². The predicted molar refractivity (Wildman–Crippen MR) is 87.5 cm³/mol. The zero-order valence-electron chi connectivity index (χ0n) is 13.7. The number of H-pyrrole nitrogens is 1. The fourth-order valence-electron chi connectivity index (χ4n) is 2.49. The van der Waals surface area contributed by atoms with Crippen LogP contribution >= 0.6 is 0 Å². The van der Waals surface area contributed by atoms with Crippen LogP contribution in [0.2, 0.25) is 0 Å². The van der Waals surface area contributed by atoms with Gasteiger partial charge in [-0.2, -0.15) is 0 Å². The highest BCUT2D eigenvalue weighted by molar-refractivity contribution is 5.86. The molecule has 0 aliphatic rings. The summed E-state index contributed by atoms with van der Waals surface area (Å²) in [6, 6.07) is 6.56. The van der Waals surface area contributed by atoms with Gasteiger partial charge in [0, 0.05) is 23.0 Å². The number of aliphatic carboxylic acids is 1. The third kappa shape index (κ3) is 4.03. The Balaban J connectivity index is 2.23. The maximum absolute atomic E-state index is 11.9. The van der Waals surface area contributed by atoms with Crippen molar-refractivity contribution in [1.29, 1.82) is 0 Å². The van der Waals surface area contributed by atoms with E-state index in [1.807, 2.05) is 24.3 Å². The van der Waals surface area contributed by atoms with Gasteiger partial charge in [-0.05, 0) is 32.4 Å². The lowest BCUT2D eigenvalue weighted by atomic mass is 9.93. The molecule has 0 saturated carbocycles. The van der Waals surface area contributed by atoms with Gasteiger partial charge in [-0.15, -0.1) is 0 Å². The van der Waals surface area contributed by atoms with Gasteiger partial charge in [0.25, 0.3) is 0 Å². The third-order valence-electron chi connectivity index (χ3n) is 3.55. The molecule has 0 radical (unpaired) electrons. The van der Waals surface area contributed by atoms with E-state index in [1.54, 1.807) is 33.9 Å². The van der Waals surface area contributed by atoms with Crippen molar-refractivity contribution in [2.24, 2.45) is 0 Å². The maximum atomic E-state index is 11.9.